The second-order valence-electron chi connectivity index (χ2n) is 4.79. The molecule has 0 aliphatic rings. The maximum Gasteiger partial charge on any atom is 0.266 e. The minimum Gasteiger partial charge on any atom is -0.508 e. The number of anilines is 1. The molecule has 0 bridgehead atoms. The fourth-order valence-corrected chi connectivity index (χ4v) is 2.15. The molecule has 0 spiro atoms. The van der Waals surface area contributed by atoms with E-state index < -0.39 is 5.91 Å². The van der Waals surface area contributed by atoms with Gasteiger partial charge in [-0.05, 0) is 55.5 Å². The molecule has 0 saturated carbocycles. The summed E-state index contributed by atoms with van der Waals surface area (Å²) in [5, 5.41) is 21.6. The number of halogens is 1. The number of nitrogens with one attached hydrogen (secondary N) is 1. The first-order valence-electron chi connectivity index (χ1n) is 7.18. The minimum absolute atomic E-state index is 0.0873. The topological polar surface area (TPSA) is 82.3 Å². The van der Waals surface area contributed by atoms with Gasteiger partial charge >= 0.3 is 0 Å². The highest BCUT2D eigenvalue weighted by atomic mass is 35.5. The third-order valence-corrected chi connectivity index (χ3v) is 3.30. The Bertz CT molecular complexity index is 808. The summed E-state index contributed by atoms with van der Waals surface area (Å²) in [6.45, 7) is 2.29. The molecule has 0 aliphatic carbocycles. The quantitative estimate of drug-likeness (QED) is 0.489. The fourth-order valence-electron chi connectivity index (χ4n) is 1.97. The van der Waals surface area contributed by atoms with Crippen molar-refractivity contribution in [2.24, 2.45) is 0 Å². The molecule has 2 rings (SSSR count). The Morgan fingerprint density at radius 3 is 2.67 bits per heavy atom. The summed E-state index contributed by atoms with van der Waals surface area (Å²) in [6, 6.07) is 12.8. The van der Waals surface area contributed by atoms with Gasteiger partial charge in [0, 0.05) is 16.3 Å². The number of hydrogen-bond acceptors (Lipinski definition) is 4. The Morgan fingerprint density at radius 2 is 2.04 bits per heavy atom. The Kier molecular flexibility index (Phi) is 5.83. The second-order valence-corrected chi connectivity index (χ2v) is 5.22. The van der Waals surface area contributed by atoms with Crippen LogP contribution in [0, 0.1) is 11.3 Å². The summed E-state index contributed by atoms with van der Waals surface area (Å²) in [7, 11) is 0. The average molecular weight is 343 g/mol. The predicted molar refractivity (Wildman–Crippen MR) is 92.9 cm³/mol. The lowest BCUT2D eigenvalue weighted by atomic mass is 10.1. The maximum atomic E-state index is 12.2. The third kappa shape index (κ3) is 4.51. The third-order valence-electron chi connectivity index (χ3n) is 3.06. The number of carbonyl (C=O) groups excluding carboxylic acids is 1. The molecule has 0 heterocycles. The molecule has 1 amide bonds. The van der Waals surface area contributed by atoms with Gasteiger partial charge in [0.25, 0.3) is 5.91 Å². The van der Waals surface area contributed by atoms with Crippen molar-refractivity contribution in [1.29, 1.82) is 5.26 Å². The number of nitriles is 1. The second kappa shape index (κ2) is 8.04. The van der Waals surface area contributed by atoms with E-state index >= 15 is 0 Å². The normalized spacial score (nSPS) is 10.8. The minimum atomic E-state index is -0.564. The van der Waals surface area contributed by atoms with Gasteiger partial charge in [-0.1, -0.05) is 11.6 Å². The molecule has 0 radical (unpaired) electrons. The Balaban J connectivity index is 2.28. The van der Waals surface area contributed by atoms with E-state index in [0.717, 1.165) is 0 Å². The first-order valence-corrected chi connectivity index (χ1v) is 7.55. The molecule has 6 heteroatoms. The van der Waals surface area contributed by atoms with Crippen LogP contribution in [0.4, 0.5) is 5.69 Å². The van der Waals surface area contributed by atoms with E-state index in [0.29, 0.717) is 28.6 Å². The summed E-state index contributed by atoms with van der Waals surface area (Å²) in [4.78, 5) is 12.2. The van der Waals surface area contributed by atoms with Crippen LogP contribution in [-0.2, 0) is 4.79 Å². The zero-order valence-electron chi connectivity index (χ0n) is 12.9. The van der Waals surface area contributed by atoms with Crippen molar-refractivity contribution in [3.8, 4) is 17.6 Å². The van der Waals surface area contributed by atoms with Gasteiger partial charge < -0.3 is 15.2 Å². The van der Waals surface area contributed by atoms with E-state index in [1.165, 1.54) is 30.3 Å². The summed E-state index contributed by atoms with van der Waals surface area (Å²) < 4.78 is 5.48. The van der Waals surface area contributed by atoms with Crippen LogP contribution in [0.1, 0.15) is 12.5 Å². The number of hydrogen-bond donors (Lipinski definition) is 2. The molecule has 24 heavy (non-hydrogen) atoms. The van der Waals surface area contributed by atoms with Gasteiger partial charge in [0.05, 0.1) is 6.61 Å². The molecule has 5 nitrogen and oxygen atoms in total. The van der Waals surface area contributed by atoms with Crippen molar-refractivity contribution >= 4 is 29.3 Å². The number of nitrogens with zero attached hydrogens (tertiary/aromatic N) is 1. The van der Waals surface area contributed by atoms with Gasteiger partial charge in [-0.3, -0.25) is 4.79 Å². The highest BCUT2D eigenvalue weighted by Crippen LogP contribution is 2.25. The maximum absolute atomic E-state index is 12.2. The zero-order valence-corrected chi connectivity index (χ0v) is 13.7. The number of carbonyl (C=O) groups is 1. The van der Waals surface area contributed by atoms with Crippen LogP contribution < -0.4 is 10.1 Å². The molecule has 2 N–H and O–H groups in total. The van der Waals surface area contributed by atoms with Gasteiger partial charge in [0.2, 0.25) is 0 Å². The lowest BCUT2D eigenvalue weighted by Crippen LogP contribution is -2.13. The van der Waals surface area contributed by atoms with E-state index in [1.807, 2.05) is 13.0 Å². The van der Waals surface area contributed by atoms with E-state index in [-0.39, 0.29) is 11.3 Å². The van der Waals surface area contributed by atoms with Crippen LogP contribution in [0.3, 0.4) is 0 Å². The zero-order chi connectivity index (χ0) is 17.5. The van der Waals surface area contributed by atoms with E-state index in [9.17, 15) is 15.2 Å². The molecule has 0 saturated heterocycles. The van der Waals surface area contributed by atoms with Gasteiger partial charge in [-0.15, -0.1) is 0 Å². The number of rotatable bonds is 5. The van der Waals surface area contributed by atoms with Crippen molar-refractivity contribution in [1.82, 2.24) is 0 Å². The average Bonchev–Trinajstić information content (AvgIpc) is 2.57. The monoisotopic (exact) mass is 342 g/mol. The highest BCUT2D eigenvalue weighted by molar-refractivity contribution is 6.30. The first-order chi connectivity index (χ1) is 11.5. The van der Waals surface area contributed by atoms with Crippen molar-refractivity contribution < 1.29 is 14.6 Å². The smallest absolute Gasteiger partial charge is 0.266 e. The molecule has 0 atom stereocenters. The summed E-state index contributed by atoms with van der Waals surface area (Å²) in [5.41, 5.74) is 0.920. The lowest BCUT2D eigenvalue weighted by Gasteiger charge is -2.08. The number of ether oxygens (including phenoxy) is 1. The van der Waals surface area contributed by atoms with Crippen LogP contribution >= 0.6 is 11.6 Å². The molecule has 2 aromatic carbocycles. The molecule has 122 valence electrons. The molecule has 0 unspecified atom stereocenters. The van der Waals surface area contributed by atoms with Crippen molar-refractivity contribution in [2.75, 3.05) is 11.9 Å². The van der Waals surface area contributed by atoms with Crippen molar-refractivity contribution in [3.63, 3.8) is 0 Å². The number of phenols is 1. The van der Waals surface area contributed by atoms with Crippen LogP contribution in [0.2, 0.25) is 5.02 Å². The number of aromatic hydroxyl groups is 1. The standard InChI is InChI=1S/C18H15ClN2O3/c1-2-24-17-8-3-14(19)10-12(17)9-13(11-20)18(23)21-15-4-6-16(22)7-5-15/h3-10,22H,2H2,1H3,(H,21,23)/b13-9+. The molecular weight excluding hydrogens is 328 g/mol. The van der Waals surface area contributed by atoms with Crippen molar-refractivity contribution in [3.05, 3.63) is 58.6 Å². The van der Waals surface area contributed by atoms with Crippen LogP contribution in [-0.4, -0.2) is 17.6 Å². The molecule has 0 aromatic heterocycles. The summed E-state index contributed by atoms with van der Waals surface area (Å²) in [5.74, 6) is 0.0574. The van der Waals surface area contributed by atoms with Gasteiger partial charge in [-0.25, -0.2) is 0 Å². The Morgan fingerprint density at radius 1 is 1.33 bits per heavy atom. The van der Waals surface area contributed by atoms with E-state index in [2.05, 4.69) is 5.32 Å². The van der Waals surface area contributed by atoms with Crippen LogP contribution in [0.25, 0.3) is 6.08 Å². The lowest BCUT2D eigenvalue weighted by molar-refractivity contribution is -0.112. The predicted octanol–water partition coefficient (Wildman–Crippen LogP) is 3.99. The van der Waals surface area contributed by atoms with Crippen LogP contribution in [0.15, 0.2) is 48.0 Å². The number of benzene rings is 2. The number of amides is 1. The fraction of sp³-hybridized carbons (Fsp3) is 0.111. The molecular formula is C18H15ClN2O3. The summed E-state index contributed by atoms with van der Waals surface area (Å²) in [6.07, 6.45) is 1.42. The number of phenolic OH excluding ortho intramolecular Hbond substituents is 1. The van der Waals surface area contributed by atoms with E-state index in [4.69, 9.17) is 16.3 Å². The van der Waals surface area contributed by atoms with Gasteiger partial charge in [-0.2, -0.15) is 5.26 Å². The SMILES string of the molecule is CCOc1ccc(Cl)cc1/C=C(\C#N)C(=O)Nc1ccc(O)cc1. The highest BCUT2D eigenvalue weighted by Gasteiger charge is 2.12. The molecule has 2 aromatic rings. The largest absolute Gasteiger partial charge is 0.508 e. The summed E-state index contributed by atoms with van der Waals surface area (Å²) >= 11 is 5.98. The van der Waals surface area contributed by atoms with Crippen molar-refractivity contribution in [2.45, 2.75) is 6.92 Å². The van der Waals surface area contributed by atoms with Gasteiger partial charge in [0.15, 0.2) is 0 Å². The van der Waals surface area contributed by atoms with E-state index in [1.54, 1.807) is 18.2 Å². The van der Waals surface area contributed by atoms with Gasteiger partial charge in [0.1, 0.15) is 23.1 Å². The Labute approximate surface area is 144 Å². The van der Waals surface area contributed by atoms with Crippen LogP contribution in [0.5, 0.6) is 11.5 Å². The molecule has 0 fully saturated rings. The molecule has 0 aliphatic heterocycles. The first kappa shape index (κ1) is 17.4. The Hall–Kier alpha value is -2.97.